The molecule has 12 nitrogen and oxygen atoms in total. The molecule has 0 amide bonds. The molecule has 0 saturated carbocycles. The van der Waals surface area contributed by atoms with Gasteiger partial charge in [0.05, 0.1) is 46.9 Å². The highest BCUT2D eigenvalue weighted by Crippen LogP contribution is 2.29. The van der Waals surface area contributed by atoms with Crippen LogP contribution in [0.2, 0.25) is 0 Å². The average Bonchev–Trinajstić information content (AvgIpc) is 3.86. The van der Waals surface area contributed by atoms with Gasteiger partial charge in [-0.15, -0.1) is 0 Å². The molecule has 2 aromatic carbocycles. The van der Waals surface area contributed by atoms with E-state index in [0.717, 1.165) is 111 Å². The highest BCUT2D eigenvalue weighted by molar-refractivity contribution is 5.83. The summed E-state index contributed by atoms with van der Waals surface area (Å²) < 4.78 is 14.3. The molecule has 2 fully saturated rings. The average molecular weight is 759 g/mol. The van der Waals surface area contributed by atoms with Crippen LogP contribution in [0.5, 0.6) is 0 Å². The second-order valence-corrected chi connectivity index (χ2v) is 16.2. The lowest BCUT2D eigenvalue weighted by molar-refractivity contribution is 0.210. The molecule has 13 heteroatoms. The molecule has 2 N–H and O–H groups in total. The Bertz CT molecular complexity index is 2070. The number of hydrogen-bond acceptors (Lipinski definition) is 10. The van der Waals surface area contributed by atoms with Crippen LogP contribution >= 0.6 is 0 Å². The van der Waals surface area contributed by atoms with Crippen LogP contribution in [0.25, 0.3) is 45.1 Å². The molecule has 0 atom stereocenters. The minimum Gasteiger partial charge on any atom is -0.337 e. The molecule has 6 heterocycles. The number of likely N-dealkylation sites (tertiary alicyclic amines) is 2. The molecule has 2 saturated heterocycles. The predicted molar refractivity (Wildman–Crippen MR) is 222 cm³/mol. The molecule has 0 unspecified atom stereocenters. The second-order valence-electron chi connectivity index (χ2n) is 16.2. The largest absolute Gasteiger partial charge is 0.337 e. The van der Waals surface area contributed by atoms with E-state index in [0.29, 0.717) is 34.1 Å². The minimum atomic E-state index is -0.275. The topological polar surface area (TPSA) is 122 Å². The Kier molecular flexibility index (Phi) is 11.2. The van der Waals surface area contributed by atoms with Crippen molar-refractivity contribution in [3.8, 4) is 23.0 Å². The maximum absolute atomic E-state index is 14.3. The molecule has 0 bridgehead atoms. The van der Waals surface area contributed by atoms with Gasteiger partial charge in [0.1, 0.15) is 17.2 Å². The highest BCUT2D eigenvalue weighted by Gasteiger charge is 2.25. The zero-order valence-electron chi connectivity index (χ0n) is 33.5. The number of hydrazine groups is 1. The van der Waals surface area contributed by atoms with Crippen LogP contribution < -0.4 is 10.0 Å². The zero-order chi connectivity index (χ0) is 38.8. The number of benzene rings is 2. The Morgan fingerprint density at radius 3 is 1.55 bits per heavy atom. The first-order chi connectivity index (χ1) is 27.2. The van der Waals surface area contributed by atoms with Crippen molar-refractivity contribution in [2.75, 3.05) is 63.4 Å². The Morgan fingerprint density at radius 1 is 0.625 bits per heavy atom. The number of fused-ring (bicyclic) bond motifs is 2. The van der Waals surface area contributed by atoms with Gasteiger partial charge in [-0.1, -0.05) is 6.07 Å². The van der Waals surface area contributed by atoms with E-state index in [1.54, 1.807) is 19.2 Å². The number of halogens is 1. The van der Waals surface area contributed by atoms with E-state index in [1.807, 2.05) is 18.6 Å². The molecular formula is C43H55FN12. The molecule has 2 aliphatic rings. The van der Waals surface area contributed by atoms with E-state index in [4.69, 9.17) is 29.9 Å². The van der Waals surface area contributed by atoms with Crippen LogP contribution in [0.4, 0.5) is 16.0 Å². The molecule has 0 radical (unpaired) electrons. The molecule has 56 heavy (non-hydrogen) atoms. The summed E-state index contributed by atoms with van der Waals surface area (Å²) in [5, 5.41) is 4.53. The summed E-state index contributed by atoms with van der Waals surface area (Å²) in [6, 6.07) is 7.38. The summed E-state index contributed by atoms with van der Waals surface area (Å²) >= 11 is 0. The first kappa shape index (κ1) is 37.9. The van der Waals surface area contributed by atoms with Crippen LogP contribution in [0.15, 0.2) is 49.1 Å². The summed E-state index contributed by atoms with van der Waals surface area (Å²) in [5.41, 5.74) is 7.52. The quantitative estimate of drug-likeness (QED) is 0.113. The van der Waals surface area contributed by atoms with E-state index < -0.39 is 0 Å². The van der Waals surface area contributed by atoms with Crippen molar-refractivity contribution in [3.05, 3.63) is 71.6 Å². The zero-order valence-corrected chi connectivity index (χ0v) is 33.5. The van der Waals surface area contributed by atoms with Crippen LogP contribution in [0.3, 0.4) is 0 Å². The maximum atomic E-state index is 14.3. The monoisotopic (exact) mass is 758 g/mol. The van der Waals surface area contributed by atoms with E-state index in [9.17, 15) is 4.39 Å². The number of rotatable bonds is 13. The van der Waals surface area contributed by atoms with Gasteiger partial charge in [0.25, 0.3) is 0 Å². The van der Waals surface area contributed by atoms with Crippen molar-refractivity contribution in [1.82, 2.24) is 49.7 Å². The molecule has 8 rings (SSSR count). The summed E-state index contributed by atoms with van der Waals surface area (Å²) in [7, 11) is 4.44. The second kappa shape index (κ2) is 16.6. The lowest BCUT2D eigenvalue weighted by Crippen LogP contribution is -2.46. The fraction of sp³-hybridized carbons (Fsp3) is 0.488. The van der Waals surface area contributed by atoms with E-state index in [-0.39, 0.29) is 5.82 Å². The number of nitrogens with zero attached hydrogens (tertiary/aromatic N) is 10. The van der Waals surface area contributed by atoms with Crippen LogP contribution in [0.1, 0.15) is 68.1 Å². The number of aromatic nitrogens is 8. The molecule has 0 aliphatic carbocycles. The number of hydrogen-bond donors (Lipinski definition) is 2. The van der Waals surface area contributed by atoms with Gasteiger partial charge in [-0.3, -0.25) is 10.0 Å². The molecule has 0 spiro atoms. The first-order valence-corrected chi connectivity index (χ1v) is 20.4. The van der Waals surface area contributed by atoms with Gasteiger partial charge in [-0.2, -0.15) is 0 Å². The summed E-state index contributed by atoms with van der Waals surface area (Å²) in [4.78, 5) is 41.1. The van der Waals surface area contributed by atoms with Gasteiger partial charge in [0.2, 0.25) is 0 Å². The summed E-state index contributed by atoms with van der Waals surface area (Å²) in [6.45, 7) is 12.1. The van der Waals surface area contributed by atoms with Crippen molar-refractivity contribution >= 4 is 33.7 Å². The SMILES string of the molecule is Cc1ccc2[nH]c(-c3cnc(N(CCCC4CCN(C)CC4)N(CCCC4CCN(C)CC4)c4cnc(-c5nc6c(C)c(F)ccc6[nH]5)cn4)cn3)nc2c1C. The number of anilines is 2. The molecule has 2 aliphatic heterocycles. The number of imidazole rings is 2. The molecule has 4 aromatic heterocycles. The standard InChI is InChI=1S/C43H55FN12/c1-28-10-12-34-40(29(28)2)51-42(49-34)36-24-47-38(26-45-36)55(18-6-8-31-14-20-53(4)21-15-31)56(19-7-9-32-16-22-54(5)23-17-32)39-27-46-37(25-48-39)43-50-35-13-11-33(44)30(3)41(35)52-43/h10-13,24-27,31-32H,6-9,14-23H2,1-5H3,(H,49,51)(H,50,52). The maximum Gasteiger partial charge on any atom is 0.165 e. The van der Waals surface area contributed by atoms with E-state index >= 15 is 0 Å². The predicted octanol–water partition coefficient (Wildman–Crippen LogP) is 7.89. The fourth-order valence-electron chi connectivity index (χ4n) is 8.38. The third kappa shape index (κ3) is 8.24. The van der Waals surface area contributed by atoms with Gasteiger partial charge in [-0.25, -0.2) is 34.3 Å². The lowest BCUT2D eigenvalue weighted by Gasteiger charge is -2.37. The normalized spacial score (nSPS) is 16.3. The van der Waals surface area contributed by atoms with Gasteiger partial charge in [-0.05, 0) is 154 Å². The summed E-state index contributed by atoms with van der Waals surface area (Å²) in [6.07, 6.45) is 16.6. The first-order valence-electron chi connectivity index (χ1n) is 20.4. The smallest absolute Gasteiger partial charge is 0.165 e. The Balaban J connectivity index is 1.10. The van der Waals surface area contributed by atoms with Crippen molar-refractivity contribution in [2.45, 2.75) is 72.1 Å². The van der Waals surface area contributed by atoms with Crippen molar-refractivity contribution in [3.63, 3.8) is 0 Å². The van der Waals surface area contributed by atoms with Gasteiger partial charge in [0.15, 0.2) is 23.3 Å². The van der Waals surface area contributed by atoms with Crippen molar-refractivity contribution in [2.24, 2.45) is 11.8 Å². The molecular weight excluding hydrogens is 704 g/mol. The third-order valence-electron chi connectivity index (χ3n) is 12.2. The van der Waals surface area contributed by atoms with Crippen LogP contribution in [-0.4, -0.2) is 103 Å². The Morgan fingerprint density at radius 2 is 1.09 bits per heavy atom. The number of aromatic amines is 2. The van der Waals surface area contributed by atoms with Crippen LogP contribution in [0, 0.1) is 38.4 Å². The summed E-state index contributed by atoms with van der Waals surface area (Å²) in [5.74, 6) is 3.94. The van der Waals surface area contributed by atoms with Gasteiger partial charge in [0, 0.05) is 18.7 Å². The van der Waals surface area contributed by atoms with E-state index in [1.165, 1.54) is 37.3 Å². The van der Waals surface area contributed by atoms with Crippen molar-refractivity contribution in [1.29, 1.82) is 0 Å². The van der Waals surface area contributed by atoms with Crippen LogP contribution in [-0.2, 0) is 0 Å². The Labute approximate surface area is 329 Å². The van der Waals surface area contributed by atoms with Crippen molar-refractivity contribution < 1.29 is 4.39 Å². The number of H-pyrrole nitrogens is 2. The lowest BCUT2D eigenvalue weighted by atomic mass is 9.92. The third-order valence-corrected chi connectivity index (χ3v) is 12.2. The minimum absolute atomic E-state index is 0.275. The number of piperidine rings is 2. The van der Waals surface area contributed by atoms with E-state index in [2.05, 4.69) is 69.9 Å². The number of aryl methyl sites for hydroxylation is 3. The molecule has 294 valence electrons. The fourth-order valence-corrected chi connectivity index (χ4v) is 8.38. The highest BCUT2D eigenvalue weighted by atomic mass is 19.1. The Hall–Kier alpha value is -5.01. The van der Waals surface area contributed by atoms with Gasteiger partial charge < -0.3 is 19.8 Å². The van der Waals surface area contributed by atoms with Gasteiger partial charge >= 0.3 is 0 Å². The number of nitrogens with one attached hydrogen (secondary N) is 2. The molecule has 6 aromatic rings.